The van der Waals surface area contributed by atoms with Crippen molar-refractivity contribution in [3.8, 4) is 0 Å². The first-order valence-electron chi connectivity index (χ1n) is 9.63. The molecule has 0 aliphatic heterocycles. The third-order valence-corrected chi connectivity index (χ3v) is 4.75. The zero-order valence-corrected chi connectivity index (χ0v) is 16.3. The maximum absolute atomic E-state index is 12.3. The van der Waals surface area contributed by atoms with Crippen LogP contribution in [0.15, 0.2) is 79.0 Å². The van der Waals surface area contributed by atoms with E-state index in [2.05, 4.69) is 32.4 Å². The summed E-state index contributed by atoms with van der Waals surface area (Å²) in [6.07, 6.45) is 2.91. The highest BCUT2D eigenvalue weighted by Crippen LogP contribution is 2.22. The normalized spacial score (nSPS) is 10.8. The zero-order valence-electron chi connectivity index (χ0n) is 16.3. The average molecular weight is 385 g/mol. The number of nitrogens with zero attached hydrogens (tertiary/aromatic N) is 4. The largest absolute Gasteiger partial charge is 0.367 e. The Kier molecular flexibility index (Phi) is 5.52. The monoisotopic (exact) mass is 385 g/mol. The number of anilines is 2. The molecule has 1 amide bonds. The van der Waals surface area contributed by atoms with Gasteiger partial charge in [-0.1, -0.05) is 60.7 Å². The Hall–Kier alpha value is -3.67. The van der Waals surface area contributed by atoms with Gasteiger partial charge >= 0.3 is 0 Å². The molecule has 29 heavy (non-hydrogen) atoms. The Morgan fingerprint density at radius 2 is 1.66 bits per heavy atom. The molecule has 146 valence electrons. The van der Waals surface area contributed by atoms with Gasteiger partial charge in [0.1, 0.15) is 0 Å². The summed E-state index contributed by atoms with van der Waals surface area (Å²) in [5, 5.41) is 7.22. The molecule has 1 N–H and O–H groups in total. The topological polar surface area (TPSA) is 62.5 Å². The number of carbonyl (C=O) groups excluding carboxylic acids is 1. The minimum atomic E-state index is -0.0936. The molecule has 0 bridgehead atoms. The van der Waals surface area contributed by atoms with Crippen molar-refractivity contribution in [1.29, 1.82) is 0 Å². The van der Waals surface area contributed by atoms with Gasteiger partial charge in [0.25, 0.3) is 0 Å². The first-order chi connectivity index (χ1) is 14.2. The zero-order chi connectivity index (χ0) is 20.1. The molecule has 0 unspecified atom stereocenters. The summed E-state index contributed by atoms with van der Waals surface area (Å²) in [5.74, 6) is 0.229. The first kappa shape index (κ1) is 18.7. The summed E-state index contributed by atoms with van der Waals surface area (Å²) in [4.78, 5) is 19.0. The number of hydrogen-bond donors (Lipinski definition) is 1. The average Bonchev–Trinajstić information content (AvgIpc) is 3.16. The van der Waals surface area contributed by atoms with Crippen molar-refractivity contribution < 1.29 is 4.79 Å². The lowest BCUT2D eigenvalue weighted by atomic mass is 10.1. The Morgan fingerprint density at radius 1 is 0.966 bits per heavy atom. The number of fused-ring (bicyclic) bond motifs is 1. The molecular weight excluding hydrogens is 362 g/mol. The molecule has 4 rings (SSSR count). The second-order valence-corrected chi connectivity index (χ2v) is 6.97. The van der Waals surface area contributed by atoms with Crippen molar-refractivity contribution in [2.75, 3.05) is 17.3 Å². The molecule has 4 aromatic rings. The van der Waals surface area contributed by atoms with Crippen LogP contribution in [0.3, 0.4) is 0 Å². The number of aromatic nitrogens is 3. The van der Waals surface area contributed by atoms with E-state index in [1.807, 2.05) is 73.9 Å². The predicted octanol–water partition coefficient (Wildman–Crippen LogP) is 3.94. The highest BCUT2D eigenvalue weighted by atomic mass is 16.1. The second-order valence-electron chi connectivity index (χ2n) is 6.97. The lowest BCUT2D eigenvalue weighted by Crippen LogP contribution is -2.17. The molecule has 0 fully saturated rings. The van der Waals surface area contributed by atoms with E-state index < -0.39 is 0 Å². The van der Waals surface area contributed by atoms with Gasteiger partial charge in [0, 0.05) is 26.2 Å². The standard InChI is InChI=1S/C23H23N5O/c1-27(17-19-11-6-3-7-12-19)20-13-8-16-28-22(20)25-23(26-28)24-21(29)15-14-18-9-4-2-5-10-18/h2-13,16H,14-15,17H2,1H3,(H,24,26,29). The van der Waals surface area contributed by atoms with Crippen molar-refractivity contribution in [3.05, 3.63) is 90.1 Å². The molecule has 2 aromatic heterocycles. The Balaban J connectivity index is 1.46. The van der Waals surface area contributed by atoms with Crippen LogP contribution in [-0.2, 0) is 17.8 Å². The summed E-state index contributed by atoms with van der Waals surface area (Å²) in [7, 11) is 2.02. The smallest absolute Gasteiger partial charge is 0.249 e. The van der Waals surface area contributed by atoms with Gasteiger partial charge < -0.3 is 4.90 Å². The fraction of sp³-hybridized carbons (Fsp3) is 0.174. The van der Waals surface area contributed by atoms with E-state index in [-0.39, 0.29) is 5.91 Å². The van der Waals surface area contributed by atoms with Crippen LogP contribution in [0, 0.1) is 0 Å². The Labute approximate surface area is 169 Å². The van der Waals surface area contributed by atoms with E-state index in [0.29, 0.717) is 24.4 Å². The van der Waals surface area contributed by atoms with E-state index in [4.69, 9.17) is 0 Å². The van der Waals surface area contributed by atoms with E-state index in [0.717, 1.165) is 17.8 Å². The molecule has 2 heterocycles. The van der Waals surface area contributed by atoms with Gasteiger partial charge in [-0.25, -0.2) is 4.52 Å². The van der Waals surface area contributed by atoms with Crippen molar-refractivity contribution >= 4 is 23.2 Å². The van der Waals surface area contributed by atoms with Crippen molar-refractivity contribution in [1.82, 2.24) is 14.6 Å². The van der Waals surface area contributed by atoms with E-state index in [9.17, 15) is 4.79 Å². The van der Waals surface area contributed by atoms with Gasteiger partial charge in [-0.3, -0.25) is 10.1 Å². The number of amides is 1. The third-order valence-electron chi connectivity index (χ3n) is 4.75. The van der Waals surface area contributed by atoms with Crippen LogP contribution in [0.1, 0.15) is 17.5 Å². The Morgan fingerprint density at radius 3 is 2.38 bits per heavy atom. The van der Waals surface area contributed by atoms with Crippen LogP contribution in [0.2, 0.25) is 0 Å². The molecule has 6 heteroatoms. The van der Waals surface area contributed by atoms with Crippen LogP contribution < -0.4 is 10.2 Å². The van der Waals surface area contributed by atoms with Crippen molar-refractivity contribution in [2.24, 2.45) is 0 Å². The van der Waals surface area contributed by atoms with E-state index in [1.165, 1.54) is 5.56 Å². The fourth-order valence-corrected chi connectivity index (χ4v) is 3.28. The van der Waals surface area contributed by atoms with Gasteiger partial charge in [-0.2, -0.15) is 4.98 Å². The van der Waals surface area contributed by atoms with Crippen molar-refractivity contribution in [3.63, 3.8) is 0 Å². The van der Waals surface area contributed by atoms with Crippen molar-refractivity contribution in [2.45, 2.75) is 19.4 Å². The van der Waals surface area contributed by atoms with Crippen LogP contribution in [0.4, 0.5) is 11.6 Å². The number of rotatable bonds is 7. The molecular formula is C23H23N5O. The molecule has 0 saturated carbocycles. The second kappa shape index (κ2) is 8.56. The lowest BCUT2D eigenvalue weighted by Gasteiger charge is -2.19. The van der Waals surface area contributed by atoms with Gasteiger partial charge in [0.2, 0.25) is 11.9 Å². The summed E-state index contributed by atoms with van der Waals surface area (Å²) in [6.45, 7) is 0.756. The van der Waals surface area contributed by atoms with E-state index >= 15 is 0 Å². The number of carbonyl (C=O) groups is 1. The van der Waals surface area contributed by atoms with E-state index in [1.54, 1.807) is 4.52 Å². The summed E-state index contributed by atoms with van der Waals surface area (Å²) >= 11 is 0. The predicted molar refractivity (Wildman–Crippen MR) is 115 cm³/mol. The molecule has 0 atom stereocenters. The highest BCUT2D eigenvalue weighted by Gasteiger charge is 2.13. The fourth-order valence-electron chi connectivity index (χ4n) is 3.28. The highest BCUT2D eigenvalue weighted by molar-refractivity contribution is 5.89. The van der Waals surface area contributed by atoms with Crippen LogP contribution >= 0.6 is 0 Å². The number of nitrogens with one attached hydrogen (secondary N) is 1. The minimum Gasteiger partial charge on any atom is -0.367 e. The summed E-state index contributed by atoms with van der Waals surface area (Å²) in [5.41, 5.74) is 4.01. The van der Waals surface area contributed by atoms with Gasteiger partial charge in [0.05, 0.1) is 5.69 Å². The number of aryl methyl sites for hydroxylation is 1. The lowest BCUT2D eigenvalue weighted by molar-refractivity contribution is -0.116. The first-order valence-corrected chi connectivity index (χ1v) is 9.63. The third kappa shape index (κ3) is 4.60. The van der Waals surface area contributed by atoms with Crippen LogP contribution in [-0.4, -0.2) is 27.6 Å². The van der Waals surface area contributed by atoms with Crippen LogP contribution in [0.5, 0.6) is 0 Å². The number of hydrogen-bond acceptors (Lipinski definition) is 4. The maximum Gasteiger partial charge on any atom is 0.249 e. The molecule has 0 aliphatic carbocycles. The molecule has 6 nitrogen and oxygen atoms in total. The van der Waals surface area contributed by atoms with Gasteiger partial charge in [-0.05, 0) is 29.7 Å². The maximum atomic E-state index is 12.3. The Bertz CT molecular complexity index is 1090. The molecule has 0 spiro atoms. The van der Waals surface area contributed by atoms with Gasteiger partial charge in [-0.15, -0.1) is 5.10 Å². The number of benzene rings is 2. The molecule has 0 aliphatic rings. The number of pyridine rings is 1. The molecule has 0 saturated heterocycles. The molecule has 0 radical (unpaired) electrons. The van der Waals surface area contributed by atoms with Gasteiger partial charge in [0.15, 0.2) is 5.65 Å². The quantitative estimate of drug-likeness (QED) is 0.523. The summed E-state index contributed by atoms with van der Waals surface area (Å²) in [6, 6.07) is 24.2. The minimum absolute atomic E-state index is 0.0936. The summed E-state index contributed by atoms with van der Waals surface area (Å²) < 4.78 is 1.70. The van der Waals surface area contributed by atoms with Crippen LogP contribution in [0.25, 0.3) is 5.65 Å². The SMILES string of the molecule is CN(Cc1ccccc1)c1cccn2nc(NC(=O)CCc3ccccc3)nc12. The molecule has 2 aromatic carbocycles.